The third-order valence-electron chi connectivity index (χ3n) is 4.26. The maximum atomic E-state index is 12.4. The van der Waals surface area contributed by atoms with E-state index >= 15 is 0 Å². The zero-order valence-corrected chi connectivity index (χ0v) is 18.1. The van der Waals surface area contributed by atoms with Gasteiger partial charge < -0.3 is 10.3 Å². The van der Waals surface area contributed by atoms with E-state index in [-0.39, 0.29) is 5.91 Å². The van der Waals surface area contributed by atoms with Crippen LogP contribution < -0.4 is 5.32 Å². The number of hydrogen-bond acceptors (Lipinski definition) is 4. The average molecular weight is 445 g/mol. The second-order valence-corrected chi connectivity index (χ2v) is 8.96. The van der Waals surface area contributed by atoms with Gasteiger partial charge in [-0.2, -0.15) is 0 Å². The van der Waals surface area contributed by atoms with Crippen LogP contribution >= 0.6 is 35.0 Å². The number of carbonyl (C=O) groups is 1. The van der Waals surface area contributed by atoms with Crippen LogP contribution in [0, 0.1) is 5.92 Å². The molecule has 5 nitrogen and oxygen atoms in total. The highest BCUT2D eigenvalue weighted by atomic mass is 35.5. The number of amidine groups is 1. The number of para-hydroxylation sites is 1. The molecule has 0 saturated carbocycles. The van der Waals surface area contributed by atoms with Crippen LogP contribution in [0.4, 0.5) is 5.69 Å². The van der Waals surface area contributed by atoms with Crippen molar-refractivity contribution < 1.29 is 4.79 Å². The number of aromatic amines is 1. The van der Waals surface area contributed by atoms with E-state index in [0.29, 0.717) is 31.7 Å². The van der Waals surface area contributed by atoms with Crippen LogP contribution in [0.5, 0.6) is 0 Å². The van der Waals surface area contributed by atoms with Crippen molar-refractivity contribution in [2.45, 2.75) is 20.3 Å². The predicted octanol–water partition coefficient (Wildman–Crippen LogP) is 5.96. The number of H-pyrrole nitrogens is 1. The van der Waals surface area contributed by atoms with Crippen LogP contribution in [-0.2, 0) is 11.2 Å². The molecule has 1 aliphatic rings. The van der Waals surface area contributed by atoms with E-state index < -0.39 is 0 Å². The van der Waals surface area contributed by atoms with E-state index in [9.17, 15) is 4.79 Å². The number of aliphatic imine (C=N–C) groups is 1. The molecule has 1 amide bonds. The van der Waals surface area contributed by atoms with Crippen molar-refractivity contribution in [3.8, 4) is 0 Å². The molecule has 0 aliphatic carbocycles. The van der Waals surface area contributed by atoms with Crippen molar-refractivity contribution >= 4 is 68.8 Å². The van der Waals surface area contributed by atoms with Gasteiger partial charge in [0, 0.05) is 6.42 Å². The summed E-state index contributed by atoms with van der Waals surface area (Å²) in [5, 5.41) is 4.06. The first-order valence-electron chi connectivity index (χ1n) is 9.11. The minimum absolute atomic E-state index is 0.206. The molecule has 0 radical (unpaired) electrons. The van der Waals surface area contributed by atoms with Crippen LogP contribution in [0.3, 0.4) is 0 Å². The lowest BCUT2D eigenvalue weighted by Gasteiger charge is -2.01. The highest BCUT2D eigenvalue weighted by molar-refractivity contribution is 8.18. The number of hydrogen-bond donors (Lipinski definition) is 2. The topological polar surface area (TPSA) is 70.1 Å². The van der Waals surface area contributed by atoms with Gasteiger partial charge in [-0.3, -0.25) is 4.79 Å². The normalized spacial score (nSPS) is 17.1. The van der Waals surface area contributed by atoms with Gasteiger partial charge in [0.05, 0.1) is 26.0 Å². The highest BCUT2D eigenvalue weighted by Gasteiger charge is 2.24. The van der Waals surface area contributed by atoms with Gasteiger partial charge in [0.15, 0.2) is 5.17 Å². The maximum Gasteiger partial charge on any atom is 0.264 e. The fourth-order valence-electron chi connectivity index (χ4n) is 2.98. The number of fused-ring (bicyclic) bond motifs is 1. The van der Waals surface area contributed by atoms with Gasteiger partial charge in [0.2, 0.25) is 0 Å². The molecule has 1 fully saturated rings. The molecule has 2 aromatic carbocycles. The number of amides is 1. The Hall–Kier alpha value is -2.28. The van der Waals surface area contributed by atoms with Crippen molar-refractivity contribution in [3.63, 3.8) is 0 Å². The molecule has 29 heavy (non-hydrogen) atoms. The van der Waals surface area contributed by atoms with Crippen molar-refractivity contribution in [1.82, 2.24) is 15.3 Å². The highest BCUT2D eigenvalue weighted by Crippen LogP contribution is 2.35. The summed E-state index contributed by atoms with van der Waals surface area (Å²) in [5.41, 5.74) is 3.22. The first kappa shape index (κ1) is 20.0. The number of thioether (sulfide) groups is 1. The van der Waals surface area contributed by atoms with Gasteiger partial charge in [0.25, 0.3) is 5.91 Å². The lowest BCUT2D eigenvalue weighted by Crippen LogP contribution is -2.19. The van der Waals surface area contributed by atoms with Crippen LogP contribution in [0.15, 0.2) is 46.3 Å². The van der Waals surface area contributed by atoms with Gasteiger partial charge in [-0.05, 0) is 53.6 Å². The van der Waals surface area contributed by atoms with E-state index in [4.69, 9.17) is 23.2 Å². The van der Waals surface area contributed by atoms with Gasteiger partial charge in [0.1, 0.15) is 11.5 Å². The standard InChI is InChI=1S/C21H18Cl2N4OS/c1-11(2)8-18-24-15-7-6-12(9-16(15)25-18)10-17-20(28)27-21(29-17)26-19-13(22)4-3-5-14(19)23/h3-7,9-11H,8H2,1-2H3,(H,24,25)(H,26,27,28). The van der Waals surface area contributed by atoms with E-state index in [1.54, 1.807) is 18.2 Å². The van der Waals surface area contributed by atoms with Gasteiger partial charge >= 0.3 is 0 Å². The van der Waals surface area contributed by atoms with Gasteiger partial charge in [-0.25, -0.2) is 9.98 Å². The molecule has 1 aromatic heterocycles. The van der Waals surface area contributed by atoms with E-state index in [2.05, 4.69) is 34.1 Å². The summed E-state index contributed by atoms with van der Waals surface area (Å²) in [6.45, 7) is 4.32. The molecular weight excluding hydrogens is 427 g/mol. The minimum Gasteiger partial charge on any atom is -0.342 e. The van der Waals surface area contributed by atoms with Crippen molar-refractivity contribution in [2.75, 3.05) is 0 Å². The summed E-state index contributed by atoms with van der Waals surface area (Å²) in [6.07, 6.45) is 2.73. The van der Waals surface area contributed by atoms with Crippen LogP contribution in [0.2, 0.25) is 10.0 Å². The third-order valence-corrected chi connectivity index (χ3v) is 5.78. The first-order chi connectivity index (χ1) is 13.9. The van der Waals surface area contributed by atoms with Gasteiger partial charge in [-0.15, -0.1) is 0 Å². The van der Waals surface area contributed by atoms with E-state index in [1.807, 2.05) is 24.3 Å². The van der Waals surface area contributed by atoms with E-state index in [0.717, 1.165) is 28.8 Å². The molecule has 4 rings (SSSR count). The van der Waals surface area contributed by atoms with E-state index in [1.165, 1.54) is 11.8 Å². The Kier molecular flexibility index (Phi) is 5.67. The predicted molar refractivity (Wildman–Crippen MR) is 122 cm³/mol. The Morgan fingerprint density at radius 2 is 1.97 bits per heavy atom. The Labute approximate surface area is 182 Å². The summed E-state index contributed by atoms with van der Waals surface area (Å²) in [7, 11) is 0. The lowest BCUT2D eigenvalue weighted by atomic mass is 10.1. The number of nitrogens with one attached hydrogen (secondary N) is 2. The Balaban J connectivity index is 1.60. The maximum absolute atomic E-state index is 12.4. The summed E-state index contributed by atoms with van der Waals surface area (Å²) < 4.78 is 0. The molecule has 0 atom stereocenters. The first-order valence-corrected chi connectivity index (χ1v) is 10.7. The van der Waals surface area contributed by atoms with Crippen LogP contribution in [0.25, 0.3) is 17.1 Å². The van der Waals surface area contributed by atoms with Gasteiger partial charge in [-0.1, -0.05) is 49.2 Å². The molecule has 0 spiro atoms. The number of aromatic nitrogens is 2. The molecule has 0 unspecified atom stereocenters. The summed E-state index contributed by atoms with van der Waals surface area (Å²) in [6, 6.07) is 11.1. The molecular formula is C21H18Cl2N4OS. The van der Waals surface area contributed by atoms with Crippen molar-refractivity contribution in [3.05, 3.63) is 62.7 Å². The lowest BCUT2D eigenvalue weighted by molar-refractivity contribution is -0.115. The number of halogens is 2. The van der Waals surface area contributed by atoms with Crippen LogP contribution in [0.1, 0.15) is 25.2 Å². The molecule has 0 bridgehead atoms. The molecule has 2 N–H and O–H groups in total. The molecule has 1 aliphatic heterocycles. The summed E-state index contributed by atoms with van der Waals surface area (Å²) in [4.78, 5) is 25.3. The van der Waals surface area contributed by atoms with Crippen molar-refractivity contribution in [1.29, 1.82) is 0 Å². The zero-order chi connectivity index (χ0) is 20.5. The monoisotopic (exact) mass is 444 g/mol. The number of nitrogens with zero attached hydrogens (tertiary/aromatic N) is 2. The Morgan fingerprint density at radius 1 is 1.21 bits per heavy atom. The minimum atomic E-state index is -0.206. The second kappa shape index (κ2) is 8.22. The zero-order valence-electron chi connectivity index (χ0n) is 15.8. The molecule has 3 aromatic rings. The third kappa shape index (κ3) is 4.50. The molecule has 1 saturated heterocycles. The number of rotatable bonds is 4. The fraction of sp³-hybridized carbons (Fsp3) is 0.190. The largest absolute Gasteiger partial charge is 0.342 e. The number of carbonyl (C=O) groups excluding carboxylic acids is 1. The molecule has 2 heterocycles. The second-order valence-electron chi connectivity index (χ2n) is 7.11. The SMILES string of the molecule is CC(C)Cc1nc2ccc(C=C3SC(=Nc4c(Cl)cccc4Cl)NC3=O)cc2[nH]1. The smallest absolute Gasteiger partial charge is 0.264 e. The molecule has 148 valence electrons. The molecule has 8 heteroatoms. The summed E-state index contributed by atoms with van der Waals surface area (Å²) in [5.74, 6) is 1.29. The van der Waals surface area contributed by atoms with Crippen LogP contribution in [-0.4, -0.2) is 21.0 Å². The Bertz CT molecular complexity index is 1150. The Morgan fingerprint density at radius 3 is 2.69 bits per heavy atom. The van der Waals surface area contributed by atoms with Crippen molar-refractivity contribution in [2.24, 2.45) is 10.9 Å². The quantitative estimate of drug-likeness (QED) is 0.487. The average Bonchev–Trinajstić information content (AvgIpc) is 3.20. The summed E-state index contributed by atoms with van der Waals surface area (Å²) >= 11 is 13.6. The fourth-order valence-corrected chi connectivity index (χ4v) is 4.29. The number of imidazole rings is 1. The number of benzene rings is 2.